The van der Waals surface area contributed by atoms with Crippen molar-refractivity contribution in [3.63, 3.8) is 0 Å². The second-order valence-corrected chi connectivity index (χ2v) is 5.10. The summed E-state index contributed by atoms with van der Waals surface area (Å²) in [5, 5.41) is 3.39. The fourth-order valence-corrected chi connectivity index (χ4v) is 1.95. The predicted molar refractivity (Wildman–Crippen MR) is 75.2 cm³/mol. The summed E-state index contributed by atoms with van der Waals surface area (Å²) < 4.78 is 0.807. The first-order valence-electron chi connectivity index (χ1n) is 5.54. The summed E-state index contributed by atoms with van der Waals surface area (Å²) >= 11 is 9.25. The van der Waals surface area contributed by atoms with Crippen LogP contribution in [0.2, 0.25) is 5.02 Å². The van der Waals surface area contributed by atoms with E-state index in [1.54, 1.807) is 18.2 Å². The van der Waals surface area contributed by atoms with Crippen molar-refractivity contribution in [2.75, 3.05) is 11.9 Å². The Bertz CT molecular complexity index is 398. The molecule has 0 bridgehead atoms. The summed E-state index contributed by atoms with van der Waals surface area (Å²) in [5.41, 5.74) is 6.27. The molecule has 1 atom stereocenters. The van der Waals surface area contributed by atoms with Gasteiger partial charge in [-0.05, 0) is 40.5 Å². The topological polar surface area (TPSA) is 55.1 Å². The minimum absolute atomic E-state index is 0.0484. The highest BCUT2D eigenvalue weighted by Gasteiger charge is 2.15. The van der Waals surface area contributed by atoms with Crippen molar-refractivity contribution >= 4 is 39.1 Å². The molecule has 0 radical (unpaired) electrons. The van der Waals surface area contributed by atoms with E-state index in [0.717, 1.165) is 17.3 Å². The molecule has 0 heterocycles. The van der Waals surface area contributed by atoms with Crippen molar-refractivity contribution in [3.05, 3.63) is 27.7 Å². The van der Waals surface area contributed by atoms with Crippen LogP contribution in [0.5, 0.6) is 0 Å². The quantitative estimate of drug-likeness (QED) is 0.873. The number of benzene rings is 1. The molecule has 5 heteroatoms. The van der Waals surface area contributed by atoms with Crippen LogP contribution in [0, 0.1) is 5.92 Å². The maximum atomic E-state index is 11.9. The molecule has 1 aromatic rings. The smallest absolute Gasteiger partial charge is 0.228 e. The Morgan fingerprint density at radius 1 is 1.59 bits per heavy atom. The van der Waals surface area contributed by atoms with Gasteiger partial charge in [0, 0.05) is 16.7 Å². The molecule has 0 saturated carbocycles. The van der Waals surface area contributed by atoms with E-state index in [9.17, 15) is 4.79 Å². The van der Waals surface area contributed by atoms with E-state index in [1.165, 1.54) is 0 Å². The van der Waals surface area contributed by atoms with Gasteiger partial charge in [-0.3, -0.25) is 4.79 Å². The lowest BCUT2D eigenvalue weighted by Gasteiger charge is -2.14. The van der Waals surface area contributed by atoms with Gasteiger partial charge in [-0.1, -0.05) is 24.9 Å². The second kappa shape index (κ2) is 6.99. The van der Waals surface area contributed by atoms with Crippen LogP contribution in [0.15, 0.2) is 22.7 Å². The second-order valence-electron chi connectivity index (χ2n) is 3.84. The van der Waals surface area contributed by atoms with E-state index in [-0.39, 0.29) is 11.8 Å². The zero-order valence-electron chi connectivity index (χ0n) is 9.67. The fraction of sp³-hybridized carbons (Fsp3) is 0.417. The van der Waals surface area contributed by atoms with Gasteiger partial charge in [0.1, 0.15) is 0 Å². The summed E-state index contributed by atoms with van der Waals surface area (Å²) in [7, 11) is 0. The molecule has 3 N–H and O–H groups in total. The Morgan fingerprint density at radius 3 is 2.82 bits per heavy atom. The molecule has 0 aliphatic carbocycles. The van der Waals surface area contributed by atoms with E-state index in [1.807, 2.05) is 6.92 Å². The number of anilines is 1. The number of nitrogens with one attached hydrogen (secondary N) is 1. The molecule has 0 saturated heterocycles. The van der Waals surface area contributed by atoms with Crippen molar-refractivity contribution in [2.45, 2.75) is 19.8 Å². The van der Waals surface area contributed by atoms with Crippen LogP contribution in [0.3, 0.4) is 0 Å². The number of halogens is 2. The lowest BCUT2D eigenvalue weighted by Crippen LogP contribution is -2.29. The number of rotatable bonds is 5. The van der Waals surface area contributed by atoms with Crippen molar-refractivity contribution in [3.8, 4) is 0 Å². The maximum Gasteiger partial charge on any atom is 0.228 e. The summed E-state index contributed by atoms with van der Waals surface area (Å²) in [6.07, 6.45) is 1.74. The van der Waals surface area contributed by atoms with Gasteiger partial charge >= 0.3 is 0 Å². The first kappa shape index (κ1) is 14.5. The molecule has 17 heavy (non-hydrogen) atoms. The minimum atomic E-state index is -0.137. The highest BCUT2D eigenvalue weighted by atomic mass is 79.9. The third-order valence-corrected chi connectivity index (χ3v) is 3.71. The third kappa shape index (κ3) is 4.30. The Labute approximate surface area is 115 Å². The van der Waals surface area contributed by atoms with Crippen molar-refractivity contribution in [2.24, 2.45) is 11.7 Å². The van der Waals surface area contributed by atoms with Crippen LogP contribution in [0.25, 0.3) is 0 Å². The molecule has 0 spiro atoms. The normalized spacial score (nSPS) is 12.2. The third-order valence-electron chi connectivity index (χ3n) is 2.48. The fourth-order valence-electron chi connectivity index (χ4n) is 1.52. The maximum absolute atomic E-state index is 11.9. The van der Waals surface area contributed by atoms with E-state index < -0.39 is 0 Å². The highest BCUT2D eigenvalue weighted by Crippen LogP contribution is 2.25. The average Bonchev–Trinajstić information content (AvgIpc) is 2.30. The zero-order chi connectivity index (χ0) is 12.8. The number of hydrogen-bond donors (Lipinski definition) is 2. The average molecular weight is 320 g/mol. The Morgan fingerprint density at radius 2 is 2.29 bits per heavy atom. The monoisotopic (exact) mass is 318 g/mol. The number of carbonyl (C=O) groups is 1. The Balaban J connectivity index is 2.69. The summed E-state index contributed by atoms with van der Waals surface area (Å²) in [4.78, 5) is 11.9. The van der Waals surface area contributed by atoms with Gasteiger partial charge in [0.05, 0.1) is 10.9 Å². The molecule has 1 aromatic carbocycles. The molecule has 1 rings (SSSR count). The van der Waals surface area contributed by atoms with Gasteiger partial charge in [0.15, 0.2) is 0 Å². The van der Waals surface area contributed by atoms with Gasteiger partial charge in [-0.15, -0.1) is 0 Å². The van der Waals surface area contributed by atoms with E-state index in [0.29, 0.717) is 17.3 Å². The molecule has 0 aliphatic heterocycles. The standard InChI is InChI=1S/C12H16BrClN2O/c1-2-3-8(7-15)12(17)16-9-4-5-10(13)11(14)6-9/h4-6,8H,2-3,7,15H2,1H3,(H,16,17). The lowest BCUT2D eigenvalue weighted by molar-refractivity contribution is -0.119. The zero-order valence-corrected chi connectivity index (χ0v) is 12.0. The lowest BCUT2D eigenvalue weighted by atomic mass is 10.0. The van der Waals surface area contributed by atoms with Crippen molar-refractivity contribution < 1.29 is 4.79 Å². The van der Waals surface area contributed by atoms with Crippen LogP contribution in [-0.2, 0) is 4.79 Å². The van der Waals surface area contributed by atoms with Crippen molar-refractivity contribution in [1.82, 2.24) is 0 Å². The molecule has 0 aromatic heterocycles. The predicted octanol–water partition coefficient (Wildman–Crippen LogP) is 3.42. The summed E-state index contributed by atoms with van der Waals surface area (Å²) in [6.45, 7) is 2.40. The van der Waals surface area contributed by atoms with E-state index in [4.69, 9.17) is 17.3 Å². The van der Waals surface area contributed by atoms with Gasteiger partial charge < -0.3 is 11.1 Å². The molecule has 0 fully saturated rings. The van der Waals surface area contributed by atoms with Crippen LogP contribution in [0.4, 0.5) is 5.69 Å². The number of carbonyl (C=O) groups excluding carboxylic acids is 1. The first-order chi connectivity index (χ1) is 8.08. The largest absolute Gasteiger partial charge is 0.330 e. The van der Waals surface area contributed by atoms with Crippen molar-refractivity contribution in [1.29, 1.82) is 0 Å². The molecule has 1 unspecified atom stereocenters. The van der Waals surface area contributed by atoms with Crippen LogP contribution >= 0.6 is 27.5 Å². The molecule has 1 amide bonds. The Kier molecular flexibility index (Phi) is 5.95. The SMILES string of the molecule is CCCC(CN)C(=O)Nc1ccc(Br)c(Cl)c1. The summed E-state index contributed by atoms with van der Waals surface area (Å²) in [6, 6.07) is 5.31. The van der Waals surface area contributed by atoms with E-state index >= 15 is 0 Å². The van der Waals surface area contributed by atoms with E-state index in [2.05, 4.69) is 21.2 Å². The van der Waals surface area contributed by atoms with Gasteiger partial charge in [-0.2, -0.15) is 0 Å². The number of nitrogens with two attached hydrogens (primary N) is 1. The van der Waals surface area contributed by atoms with Gasteiger partial charge in [0.2, 0.25) is 5.91 Å². The van der Waals surface area contributed by atoms with Gasteiger partial charge in [-0.25, -0.2) is 0 Å². The number of hydrogen-bond acceptors (Lipinski definition) is 2. The minimum Gasteiger partial charge on any atom is -0.330 e. The molecular weight excluding hydrogens is 304 g/mol. The highest BCUT2D eigenvalue weighted by molar-refractivity contribution is 9.10. The molecule has 3 nitrogen and oxygen atoms in total. The van der Waals surface area contributed by atoms with Crippen LogP contribution in [0.1, 0.15) is 19.8 Å². The van der Waals surface area contributed by atoms with Gasteiger partial charge in [0.25, 0.3) is 0 Å². The summed E-state index contributed by atoms with van der Waals surface area (Å²) in [5.74, 6) is -0.185. The van der Waals surface area contributed by atoms with Crippen LogP contribution in [-0.4, -0.2) is 12.5 Å². The first-order valence-corrected chi connectivity index (χ1v) is 6.71. The Hall–Kier alpha value is -0.580. The molecular formula is C12H16BrClN2O. The molecule has 94 valence electrons. The molecule has 0 aliphatic rings. The number of amides is 1. The van der Waals surface area contributed by atoms with Crippen LogP contribution < -0.4 is 11.1 Å².